The van der Waals surface area contributed by atoms with Crippen LogP contribution < -0.4 is 26.8 Å². The first kappa shape index (κ1) is 53.0. The molecule has 0 aliphatic carbocycles. The summed E-state index contributed by atoms with van der Waals surface area (Å²) < 4.78 is 26.9. The number of unbranched alkanes of at least 4 members (excludes halogenated alkanes) is 3. The van der Waals surface area contributed by atoms with E-state index in [2.05, 4.69) is 21.3 Å². The van der Waals surface area contributed by atoms with Crippen LogP contribution in [0.5, 0.6) is 0 Å². The molecule has 0 saturated carbocycles. The van der Waals surface area contributed by atoms with Crippen LogP contribution in [-0.4, -0.2) is 107 Å². The van der Waals surface area contributed by atoms with Crippen molar-refractivity contribution in [3.63, 3.8) is 0 Å². The summed E-state index contributed by atoms with van der Waals surface area (Å²) in [6.07, 6.45) is 5.03. The monoisotopic (exact) mass is 907 g/mol. The van der Waals surface area contributed by atoms with Gasteiger partial charge in [-0.2, -0.15) is 0 Å². The van der Waals surface area contributed by atoms with Crippen molar-refractivity contribution < 1.29 is 52.5 Å². The Hall–Kier alpha value is -6.34. The zero-order chi connectivity index (χ0) is 48.2. The van der Waals surface area contributed by atoms with E-state index in [-0.39, 0.29) is 62.4 Å². The number of aliphatic hydroxyl groups excluding tert-OH is 1. The maximum Gasteiger partial charge on any atom is 0.340 e. The minimum Gasteiger partial charge on any atom is -0.458 e. The second-order valence-corrected chi connectivity index (χ2v) is 14.9. The number of halogens is 1. The highest BCUT2D eigenvalue weighted by atomic mass is 19.1. The fraction of sp³-hybridized carbons (Fsp3) is 0.500. The Kier molecular flexibility index (Phi) is 21.6. The summed E-state index contributed by atoms with van der Waals surface area (Å²) in [6.45, 7) is 11.0. The molecular formula is C46H62FN7O11. The minimum absolute atomic E-state index is 0.126. The molecule has 2 aliphatic rings. The average molecular weight is 908 g/mol. The Labute approximate surface area is 377 Å². The molecule has 2 atom stereocenters. The molecule has 0 saturated heterocycles. The lowest BCUT2D eigenvalue weighted by atomic mass is 9.94. The van der Waals surface area contributed by atoms with Gasteiger partial charge >= 0.3 is 5.97 Å². The molecule has 2 aliphatic heterocycles. The van der Waals surface area contributed by atoms with Crippen LogP contribution in [0.3, 0.4) is 0 Å². The van der Waals surface area contributed by atoms with E-state index in [0.717, 1.165) is 22.6 Å². The summed E-state index contributed by atoms with van der Waals surface area (Å²) >= 11 is 0. The molecular weight excluding hydrogens is 846 g/mol. The average Bonchev–Trinajstić information content (AvgIpc) is 3.67. The van der Waals surface area contributed by atoms with E-state index in [9.17, 15) is 47.9 Å². The lowest BCUT2D eigenvalue weighted by Crippen LogP contribution is -2.49. The smallest absolute Gasteiger partial charge is 0.340 e. The standard InChI is InChI=1S/C42H50FN7O11.2C2H6/c1-24-16-27-26(29-21-50-33(38(29)48-32(27)18-31(24)43)17-28-30(41(50)58)22-61-42(59)39(28)56)10-6-8-15-60-23-46-40(57)25(2)47-36(54)20-45-35(53)19-44-34(52)11-5-4-7-13-49(3)37(55)12-9-14-51;2*1-2/h9,12,14,16-18,25,39,56H,4-8,10-11,13,15,19-23H2,1-3H3,(H,44,52)(H,45,53)(H,46,57)(H,47,54);2*1-2H3/b12-9-;;/t25-,39?;;/m0../s1. The van der Waals surface area contributed by atoms with E-state index >= 15 is 0 Å². The normalized spacial score (nSPS) is 13.7. The maximum atomic E-state index is 14.7. The van der Waals surface area contributed by atoms with Gasteiger partial charge in [0.15, 0.2) is 6.10 Å². The molecule has 0 spiro atoms. The van der Waals surface area contributed by atoms with E-state index < -0.39 is 53.8 Å². The topological polar surface area (TPSA) is 244 Å². The highest BCUT2D eigenvalue weighted by Gasteiger charge is 2.35. The van der Waals surface area contributed by atoms with Crippen LogP contribution in [0.4, 0.5) is 4.39 Å². The van der Waals surface area contributed by atoms with Gasteiger partial charge in [-0.05, 0) is 75.3 Å². The number of benzene rings is 1. The summed E-state index contributed by atoms with van der Waals surface area (Å²) in [5, 5.41) is 21.1. The largest absolute Gasteiger partial charge is 0.458 e. The Bertz CT molecular complexity index is 2300. The molecule has 0 bridgehead atoms. The van der Waals surface area contributed by atoms with Crippen LogP contribution in [0.15, 0.2) is 35.1 Å². The maximum absolute atomic E-state index is 14.7. The Balaban J connectivity index is 0.00000273. The van der Waals surface area contributed by atoms with Gasteiger partial charge in [0, 0.05) is 55.3 Å². The van der Waals surface area contributed by atoms with Gasteiger partial charge in [0.2, 0.25) is 29.5 Å². The lowest BCUT2D eigenvalue weighted by Gasteiger charge is -2.21. The SMILES string of the molecule is CC.CC.Cc1cc2c(CCCCOCNC(=O)[C@H](C)NC(=O)CNC(=O)CNC(=O)CCCCCN(C)C(=O)/C=C\C=O)c3c(nc2cc1F)-c1cc2c(c(=O)n1C3)COC(=O)C2O. The first-order valence-corrected chi connectivity index (χ1v) is 22.0. The Morgan fingerprint density at radius 1 is 0.969 bits per heavy atom. The molecule has 5 amide bonds. The van der Waals surface area contributed by atoms with Crippen LogP contribution in [0.25, 0.3) is 22.3 Å². The number of esters is 1. The Morgan fingerprint density at radius 3 is 2.40 bits per heavy atom. The van der Waals surface area contributed by atoms with Crippen molar-refractivity contribution in [2.45, 2.75) is 112 Å². The van der Waals surface area contributed by atoms with E-state index in [4.69, 9.17) is 14.5 Å². The van der Waals surface area contributed by atoms with E-state index in [0.29, 0.717) is 73.8 Å². The number of allylic oxidation sites excluding steroid dienone is 1. The summed E-state index contributed by atoms with van der Waals surface area (Å²) in [7, 11) is 1.61. The molecule has 354 valence electrons. The molecule has 1 unspecified atom stereocenters. The second kappa shape index (κ2) is 26.4. The number of nitrogens with zero attached hydrogens (tertiary/aromatic N) is 3. The summed E-state index contributed by atoms with van der Waals surface area (Å²) in [4.78, 5) is 103. The van der Waals surface area contributed by atoms with Gasteiger partial charge in [-0.3, -0.25) is 33.6 Å². The van der Waals surface area contributed by atoms with Crippen LogP contribution in [0.1, 0.15) is 107 Å². The molecule has 5 N–H and O–H groups in total. The molecule has 65 heavy (non-hydrogen) atoms. The molecule has 2 aromatic heterocycles. The van der Waals surface area contributed by atoms with Crippen molar-refractivity contribution in [2.24, 2.45) is 0 Å². The van der Waals surface area contributed by atoms with E-state index in [1.165, 1.54) is 28.5 Å². The summed E-state index contributed by atoms with van der Waals surface area (Å²) in [6, 6.07) is 3.73. The number of carbonyl (C=O) groups is 7. The zero-order valence-corrected chi connectivity index (χ0v) is 38.3. The molecule has 0 fully saturated rings. The molecule has 5 rings (SSSR count). The molecule has 19 heteroatoms. The highest BCUT2D eigenvalue weighted by molar-refractivity contribution is 5.92. The number of carbonyl (C=O) groups excluding carboxylic acids is 7. The number of rotatable bonds is 21. The number of fused-ring (bicyclic) bond motifs is 5. The third-order valence-corrected chi connectivity index (χ3v) is 10.4. The fourth-order valence-corrected chi connectivity index (χ4v) is 7.01. The van der Waals surface area contributed by atoms with Crippen LogP contribution in [-0.2, 0) is 62.6 Å². The van der Waals surface area contributed by atoms with Crippen molar-refractivity contribution in [3.8, 4) is 11.4 Å². The quantitative estimate of drug-likeness (QED) is 0.0267. The first-order valence-electron chi connectivity index (χ1n) is 22.0. The first-order chi connectivity index (χ1) is 31.2. The number of likely N-dealkylation sites (N-methyl/N-ethyl adjacent to an activating group) is 1. The van der Waals surface area contributed by atoms with Crippen molar-refractivity contribution in [1.29, 1.82) is 0 Å². The van der Waals surface area contributed by atoms with Crippen molar-refractivity contribution in [2.75, 3.05) is 40.0 Å². The van der Waals surface area contributed by atoms with E-state index in [1.807, 2.05) is 27.7 Å². The van der Waals surface area contributed by atoms with Gasteiger partial charge in [0.05, 0.1) is 42.1 Å². The predicted molar refractivity (Wildman–Crippen MR) is 240 cm³/mol. The number of pyridine rings is 2. The van der Waals surface area contributed by atoms with Crippen molar-refractivity contribution >= 4 is 52.7 Å². The van der Waals surface area contributed by atoms with Crippen molar-refractivity contribution in [3.05, 3.63) is 74.3 Å². The molecule has 0 radical (unpaired) electrons. The van der Waals surface area contributed by atoms with Gasteiger partial charge < -0.3 is 45.3 Å². The number of amides is 5. The summed E-state index contributed by atoms with van der Waals surface area (Å²) in [5.74, 6) is -3.61. The van der Waals surface area contributed by atoms with Crippen LogP contribution in [0.2, 0.25) is 0 Å². The van der Waals surface area contributed by atoms with Gasteiger partial charge in [-0.15, -0.1) is 0 Å². The third-order valence-electron chi connectivity index (χ3n) is 10.4. The van der Waals surface area contributed by atoms with Crippen LogP contribution >= 0.6 is 0 Å². The number of hydrogen-bond donors (Lipinski definition) is 5. The zero-order valence-electron chi connectivity index (χ0n) is 38.3. The number of aryl methyl sites for hydroxylation is 2. The number of hydrogen-bond acceptors (Lipinski definition) is 12. The number of nitrogens with one attached hydrogen (secondary N) is 4. The lowest BCUT2D eigenvalue weighted by molar-refractivity contribution is -0.157. The van der Waals surface area contributed by atoms with Gasteiger partial charge in [0.1, 0.15) is 31.5 Å². The van der Waals surface area contributed by atoms with Crippen molar-refractivity contribution in [1.82, 2.24) is 35.7 Å². The van der Waals surface area contributed by atoms with Gasteiger partial charge in [0.25, 0.3) is 5.56 Å². The predicted octanol–water partition coefficient (Wildman–Crippen LogP) is 2.94. The van der Waals surface area contributed by atoms with Crippen LogP contribution in [0, 0.1) is 12.7 Å². The number of aliphatic hydroxyl groups is 1. The fourth-order valence-electron chi connectivity index (χ4n) is 7.01. The second-order valence-electron chi connectivity index (χ2n) is 14.9. The molecule has 3 aromatic rings. The number of aromatic nitrogens is 2. The Morgan fingerprint density at radius 2 is 1.68 bits per heavy atom. The molecule has 18 nitrogen and oxygen atoms in total. The number of ether oxygens (including phenoxy) is 2. The summed E-state index contributed by atoms with van der Waals surface area (Å²) in [5.41, 5.74) is 3.41. The van der Waals surface area contributed by atoms with E-state index in [1.54, 1.807) is 26.1 Å². The number of cyclic esters (lactones) is 1. The molecule has 1 aromatic carbocycles. The number of aldehydes is 1. The highest BCUT2D eigenvalue weighted by Crippen LogP contribution is 2.39. The molecule has 4 heterocycles. The third kappa shape index (κ3) is 14.6. The van der Waals surface area contributed by atoms with Gasteiger partial charge in [-0.25, -0.2) is 14.2 Å². The van der Waals surface area contributed by atoms with Gasteiger partial charge in [-0.1, -0.05) is 34.1 Å². The minimum atomic E-state index is -1.60.